The monoisotopic (exact) mass is 566 g/mol. The molecule has 0 saturated heterocycles. The number of halogens is 2. The third-order valence-electron chi connectivity index (χ3n) is 4.85. The molecule has 192 valence electrons. The fourth-order valence-electron chi connectivity index (χ4n) is 3.16. The SMILES string of the molecule is CCOC(=O)c1c(NC(=O)c2cc([N+](=O)[O-])cc([N+](=O)[O-])c2)sc(C(=O)Nc2cccc(Cl)c2Cl)c1C. The lowest BCUT2D eigenvalue weighted by Gasteiger charge is -2.08. The second-order valence-corrected chi connectivity index (χ2v) is 9.05. The first-order chi connectivity index (χ1) is 17.4. The van der Waals surface area contributed by atoms with Crippen LogP contribution in [-0.4, -0.2) is 34.2 Å². The van der Waals surface area contributed by atoms with Gasteiger partial charge in [-0.1, -0.05) is 29.3 Å². The molecule has 3 aromatic rings. The average molecular weight is 567 g/mol. The van der Waals surface area contributed by atoms with Crippen molar-refractivity contribution < 1.29 is 29.0 Å². The number of benzene rings is 2. The highest BCUT2D eigenvalue weighted by molar-refractivity contribution is 7.19. The fourth-order valence-corrected chi connectivity index (χ4v) is 4.59. The van der Waals surface area contributed by atoms with E-state index in [4.69, 9.17) is 27.9 Å². The van der Waals surface area contributed by atoms with Gasteiger partial charge in [-0.3, -0.25) is 29.8 Å². The van der Waals surface area contributed by atoms with Crippen molar-refractivity contribution in [2.75, 3.05) is 17.2 Å². The van der Waals surface area contributed by atoms with Crippen molar-refractivity contribution >= 4 is 74.4 Å². The van der Waals surface area contributed by atoms with Crippen molar-refractivity contribution in [3.05, 3.63) is 88.2 Å². The maximum absolute atomic E-state index is 13.0. The van der Waals surface area contributed by atoms with E-state index >= 15 is 0 Å². The van der Waals surface area contributed by atoms with Crippen LogP contribution >= 0.6 is 34.5 Å². The summed E-state index contributed by atoms with van der Waals surface area (Å²) in [7, 11) is 0. The van der Waals surface area contributed by atoms with Crippen LogP contribution in [0, 0.1) is 27.2 Å². The molecule has 15 heteroatoms. The summed E-state index contributed by atoms with van der Waals surface area (Å²) in [6, 6.07) is 7.02. The molecule has 0 aliphatic rings. The molecule has 12 nitrogen and oxygen atoms in total. The van der Waals surface area contributed by atoms with Crippen LogP contribution in [0.1, 0.15) is 42.9 Å². The van der Waals surface area contributed by atoms with Crippen molar-refractivity contribution in [2.45, 2.75) is 13.8 Å². The Labute approximate surface area is 222 Å². The number of esters is 1. The van der Waals surface area contributed by atoms with Crippen molar-refractivity contribution in [2.24, 2.45) is 0 Å². The zero-order valence-corrected chi connectivity index (χ0v) is 21.3. The van der Waals surface area contributed by atoms with E-state index in [1.807, 2.05) is 0 Å². The molecule has 0 unspecified atom stereocenters. The first kappa shape index (κ1) is 27.5. The summed E-state index contributed by atoms with van der Waals surface area (Å²) in [4.78, 5) is 59.2. The van der Waals surface area contributed by atoms with Gasteiger partial charge < -0.3 is 15.4 Å². The minimum absolute atomic E-state index is 0.00175. The van der Waals surface area contributed by atoms with Gasteiger partial charge in [0.05, 0.1) is 54.3 Å². The molecule has 0 atom stereocenters. The highest BCUT2D eigenvalue weighted by Crippen LogP contribution is 2.36. The molecule has 0 saturated carbocycles. The number of carbonyl (C=O) groups excluding carboxylic acids is 3. The summed E-state index contributed by atoms with van der Waals surface area (Å²) in [5.74, 6) is -2.48. The third kappa shape index (κ3) is 6.02. The number of non-ortho nitro benzene ring substituents is 2. The summed E-state index contributed by atoms with van der Waals surface area (Å²) in [6.07, 6.45) is 0. The molecule has 0 aliphatic heterocycles. The number of anilines is 2. The number of rotatable bonds is 8. The number of ether oxygens (including phenoxy) is 1. The van der Waals surface area contributed by atoms with E-state index in [2.05, 4.69) is 10.6 Å². The number of hydrogen-bond acceptors (Lipinski definition) is 9. The number of nitro benzene ring substituents is 2. The molecule has 2 amide bonds. The second kappa shape index (κ2) is 11.3. The molecule has 37 heavy (non-hydrogen) atoms. The number of thiophene rings is 1. The van der Waals surface area contributed by atoms with Crippen molar-refractivity contribution in [1.82, 2.24) is 0 Å². The van der Waals surface area contributed by atoms with Gasteiger partial charge in [0.1, 0.15) is 5.00 Å². The number of hydrogen-bond donors (Lipinski definition) is 2. The Bertz CT molecular complexity index is 1420. The lowest BCUT2D eigenvalue weighted by Crippen LogP contribution is -2.15. The molecule has 1 heterocycles. The Morgan fingerprint density at radius 3 is 2.19 bits per heavy atom. The van der Waals surface area contributed by atoms with Gasteiger partial charge in [-0.15, -0.1) is 11.3 Å². The number of nitrogens with one attached hydrogen (secondary N) is 2. The summed E-state index contributed by atoms with van der Waals surface area (Å²) in [5.41, 5.74) is -1.49. The Kier molecular flexibility index (Phi) is 8.42. The van der Waals surface area contributed by atoms with Gasteiger partial charge in [0, 0.05) is 12.1 Å². The predicted molar refractivity (Wildman–Crippen MR) is 137 cm³/mol. The van der Waals surface area contributed by atoms with Crippen LogP contribution in [-0.2, 0) is 4.74 Å². The zero-order chi connectivity index (χ0) is 27.4. The standard InChI is InChI=1S/C22H16Cl2N4O8S/c1-3-36-22(31)16-10(2)18(20(30)25-15-6-4-5-14(23)17(15)24)37-21(16)26-19(29)11-7-12(27(32)33)9-13(8-11)28(34)35/h4-9H,3H2,1-2H3,(H,25,30)(H,26,29). The number of carbonyl (C=O) groups is 3. The van der Waals surface area contributed by atoms with E-state index < -0.39 is 44.6 Å². The number of nitro groups is 2. The van der Waals surface area contributed by atoms with Crippen LogP contribution in [0.5, 0.6) is 0 Å². The Morgan fingerprint density at radius 2 is 1.62 bits per heavy atom. The van der Waals surface area contributed by atoms with E-state index in [1.165, 1.54) is 19.1 Å². The third-order valence-corrected chi connectivity index (χ3v) is 6.87. The van der Waals surface area contributed by atoms with Gasteiger partial charge in [-0.25, -0.2) is 4.79 Å². The molecule has 2 aromatic carbocycles. The normalized spacial score (nSPS) is 10.5. The summed E-state index contributed by atoms with van der Waals surface area (Å²) < 4.78 is 5.05. The Balaban J connectivity index is 2.02. The molecule has 0 fully saturated rings. The van der Waals surface area contributed by atoms with E-state index in [-0.39, 0.29) is 43.3 Å². The average Bonchev–Trinajstić information content (AvgIpc) is 3.17. The predicted octanol–water partition coefficient (Wildman–Crippen LogP) is 5.86. The summed E-state index contributed by atoms with van der Waals surface area (Å²) >= 11 is 12.8. The molecule has 1 aromatic heterocycles. The number of amides is 2. The minimum atomic E-state index is -0.983. The summed E-state index contributed by atoms with van der Waals surface area (Å²) in [6.45, 7) is 3.03. The Morgan fingerprint density at radius 1 is 1.00 bits per heavy atom. The van der Waals surface area contributed by atoms with E-state index in [1.54, 1.807) is 13.0 Å². The first-order valence-corrected chi connectivity index (χ1v) is 11.8. The first-order valence-electron chi connectivity index (χ1n) is 10.3. The van der Waals surface area contributed by atoms with Crippen LogP contribution in [0.25, 0.3) is 0 Å². The van der Waals surface area contributed by atoms with Gasteiger partial charge in [0.15, 0.2) is 0 Å². The van der Waals surface area contributed by atoms with Gasteiger partial charge >= 0.3 is 5.97 Å². The molecular formula is C22H16Cl2N4O8S. The van der Waals surface area contributed by atoms with Crippen LogP contribution in [0.3, 0.4) is 0 Å². The van der Waals surface area contributed by atoms with Crippen molar-refractivity contribution in [3.8, 4) is 0 Å². The largest absolute Gasteiger partial charge is 0.462 e. The van der Waals surface area contributed by atoms with Crippen LogP contribution < -0.4 is 10.6 Å². The highest BCUT2D eigenvalue weighted by atomic mass is 35.5. The molecule has 3 rings (SSSR count). The molecule has 2 N–H and O–H groups in total. The topological polar surface area (TPSA) is 171 Å². The molecule has 0 radical (unpaired) electrons. The smallest absolute Gasteiger partial charge is 0.341 e. The van der Waals surface area contributed by atoms with E-state index in [0.717, 1.165) is 23.5 Å². The number of nitrogens with zero attached hydrogens (tertiary/aromatic N) is 2. The lowest BCUT2D eigenvalue weighted by molar-refractivity contribution is -0.394. The minimum Gasteiger partial charge on any atom is -0.462 e. The van der Waals surface area contributed by atoms with E-state index in [0.29, 0.717) is 6.07 Å². The van der Waals surface area contributed by atoms with Gasteiger partial charge in [-0.05, 0) is 31.5 Å². The fraction of sp³-hybridized carbons (Fsp3) is 0.136. The maximum Gasteiger partial charge on any atom is 0.341 e. The van der Waals surface area contributed by atoms with Crippen LogP contribution in [0.4, 0.5) is 22.1 Å². The molecular weight excluding hydrogens is 551 g/mol. The second-order valence-electron chi connectivity index (χ2n) is 7.24. The highest BCUT2D eigenvalue weighted by Gasteiger charge is 2.28. The van der Waals surface area contributed by atoms with Crippen molar-refractivity contribution in [1.29, 1.82) is 0 Å². The van der Waals surface area contributed by atoms with Crippen LogP contribution in [0.2, 0.25) is 10.0 Å². The zero-order valence-electron chi connectivity index (χ0n) is 19.0. The van der Waals surface area contributed by atoms with Crippen molar-refractivity contribution in [3.63, 3.8) is 0 Å². The van der Waals surface area contributed by atoms with Gasteiger partial charge in [0.2, 0.25) is 0 Å². The van der Waals surface area contributed by atoms with Gasteiger partial charge in [0.25, 0.3) is 23.2 Å². The molecule has 0 aliphatic carbocycles. The quantitative estimate of drug-likeness (QED) is 0.194. The van der Waals surface area contributed by atoms with E-state index in [9.17, 15) is 34.6 Å². The van der Waals surface area contributed by atoms with Gasteiger partial charge in [-0.2, -0.15) is 0 Å². The Hall–Kier alpha value is -4.07. The lowest BCUT2D eigenvalue weighted by atomic mass is 10.1. The molecule has 0 spiro atoms. The van der Waals surface area contributed by atoms with Crippen LogP contribution in [0.15, 0.2) is 36.4 Å². The summed E-state index contributed by atoms with van der Waals surface area (Å²) in [5, 5.41) is 27.5. The maximum atomic E-state index is 13.0. The molecule has 0 bridgehead atoms.